The van der Waals surface area contributed by atoms with Gasteiger partial charge in [-0.15, -0.1) is 0 Å². The second kappa shape index (κ2) is 9.63. The van der Waals surface area contributed by atoms with Crippen LogP contribution in [0.25, 0.3) is 0 Å². The van der Waals surface area contributed by atoms with Gasteiger partial charge in [-0.25, -0.2) is 0 Å². The van der Waals surface area contributed by atoms with E-state index in [4.69, 9.17) is 9.47 Å². The monoisotopic (exact) mass is 436 g/mol. The Balaban J connectivity index is 1.52. The molecule has 0 radical (unpaired) electrons. The lowest BCUT2D eigenvalue weighted by atomic mass is 9.71. The van der Waals surface area contributed by atoms with Crippen LogP contribution in [0.3, 0.4) is 0 Å². The number of nitrogens with one attached hydrogen (secondary N) is 1. The molecule has 0 aromatic heterocycles. The molecule has 2 atom stereocenters. The first-order chi connectivity index (χ1) is 15.5. The van der Waals surface area contributed by atoms with E-state index in [1.54, 1.807) is 7.11 Å². The van der Waals surface area contributed by atoms with E-state index in [-0.39, 0.29) is 29.4 Å². The van der Waals surface area contributed by atoms with E-state index in [9.17, 15) is 4.79 Å². The van der Waals surface area contributed by atoms with Gasteiger partial charge in [0.15, 0.2) is 0 Å². The Hall–Kier alpha value is -2.37. The molecule has 2 aromatic rings. The number of benzene rings is 2. The molecule has 2 aromatic carbocycles. The van der Waals surface area contributed by atoms with Crippen molar-refractivity contribution in [1.29, 1.82) is 0 Å². The summed E-state index contributed by atoms with van der Waals surface area (Å²) in [6, 6.07) is 16.9. The van der Waals surface area contributed by atoms with E-state index in [1.807, 2.05) is 26.8 Å². The number of hydrogen-bond donors (Lipinski definition) is 1. The summed E-state index contributed by atoms with van der Waals surface area (Å²) in [5, 5.41) is 3.28. The van der Waals surface area contributed by atoms with Crippen molar-refractivity contribution in [3.8, 4) is 5.75 Å². The maximum atomic E-state index is 12.6. The number of ether oxygens (including phenoxy) is 2. The van der Waals surface area contributed by atoms with Crippen LogP contribution in [0.5, 0.6) is 5.75 Å². The van der Waals surface area contributed by atoms with Gasteiger partial charge in [0.1, 0.15) is 5.75 Å². The Morgan fingerprint density at radius 2 is 1.91 bits per heavy atom. The molecular weight excluding hydrogens is 400 g/mol. The van der Waals surface area contributed by atoms with E-state index in [1.165, 1.54) is 16.7 Å². The summed E-state index contributed by atoms with van der Waals surface area (Å²) in [7, 11) is 1.79. The number of hydrogen-bond acceptors (Lipinski definition) is 4. The average molecular weight is 437 g/mol. The van der Waals surface area contributed by atoms with Crippen LogP contribution in [0.4, 0.5) is 0 Å². The smallest absolute Gasteiger partial charge is 0.223 e. The van der Waals surface area contributed by atoms with Gasteiger partial charge in [-0.05, 0) is 61.7 Å². The van der Waals surface area contributed by atoms with Crippen LogP contribution in [-0.4, -0.2) is 43.7 Å². The molecule has 1 saturated heterocycles. The average Bonchev–Trinajstić information content (AvgIpc) is 3.04. The molecule has 1 aliphatic carbocycles. The van der Waals surface area contributed by atoms with Gasteiger partial charge in [-0.2, -0.15) is 0 Å². The molecule has 1 fully saturated rings. The van der Waals surface area contributed by atoms with Crippen LogP contribution < -0.4 is 10.1 Å². The van der Waals surface area contributed by atoms with E-state index in [0.29, 0.717) is 6.61 Å². The van der Waals surface area contributed by atoms with Gasteiger partial charge < -0.3 is 14.8 Å². The van der Waals surface area contributed by atoms with Crippen LogP contribution in [0.2, 0.25) is 0 Å². The summed E-state index contributed by atoms with van der Waals surface area (Å²) in [6.45, 7) is 9.49. The summed E-state index contributed by atoms with van der Waals surface area (Å²) in [5.74, 6) is 0.965. The molecule has 1 aliphatic heterocycles. The van der Waals surface area contributed by atoms with Gasteiger partial charge in [-0.3, -0.25) is 9.69 Å². The van der Waals surface area contributed by atoms with Crippen molar-refractivity contribution in [2.45, 2.75) is 57.7 Å². The molecule has 0 saturated carbocycles. The molecule has 5 heteroatoms. The maximum Gasteiger partial charge on any atom is 0.223 e. The molecule has 0 bridgehead atoms. The highest BCUT2D eigenvalue weighted by atomic mass is 16.5. The number of carbonyl (C=O) groups excluding carboxylic acids is 1. The fourth-order valence-electron chi connectivity index (χ4n) is 5.51. The summed E-state index contributed by atoms with van der Waals surface area (Å²) < 4.78 is 11.8. The van der Waals surface area contributed by atoms with Gasteiger partial charge in [-0.1, -0.05) is 50.2 Å². The number of rotatable bonds is 7. The number of methoxy groups -OCH3 is 1. The van der Waals surface area contributed by atoms with Gasteiger partial charge >= 0.3 is 0 Å². The third-order valence-corrected chi connectivity index (χ3v) is 7.12. The fourth-order valence-corrected chi connectivity index (χ4v) is 5.51. The first kappa shape index (κ1) is 22.8. The Labute approximate surface area is 192 Å². The summed E-state index contributed by atoms with van der Waals surface area (Å²) >= 11 is 0. The fraction of sp³-hybridized carbons (Fsp3) is 0.519. The highest BCUT2D eigenvalue weighted by molar-refractivity contribution is 5.78. The number of carbonyl (C=O) groups is 1. The van der Waals surface area contributed by atoms with Gasteiger partial charge in [0.25, 0.3) is 0 Å². The molecule has 2 aliphatic rings. The first-order valence-corrected chi connectivity index (χ1v) is 11.8. The second-order valence-electron chi connectivity index (χ2n) is 9.40. The van der Waals surface area contributed by atoms with E-state index < -0.39 is 0 Å². The molecule has 0 unspecified atom stereocenters. The van der Waals surface area contributed by atoms with E-state index >= 15 is 0 Å². The summed E-state index contributed by atoms with van der Waals surface area (Å²) in [4.78, 5) is 15.1. The molecule has 1 heterocycles. The molecule has 1 N–H and O–H groups in total. The summed E-state index contributed by atoms with van der Waals surface area (Å²) in [5.41, 5.74) is 3.78. The van der Waals surface area contributed by atoms with Crippen molar-refractivity contribution in [3.05, 3.63) is 65.2 Å². The third kappa shape index (κ3) is 4.28. The second-order valence-corrected chi connectivity index (χ2v) is 9.40. The minimum Gasteiger partial charge on any atom is -0.494 e. The topological polar surface area (TPSA) is 50.8 Å². The third-order valence-electron chi connectivity index (χ3n) is 7.12. The molecule has 5 nitrogen and oxygen atoms in total. The standard InChI is InChI=1S/C27H36N2O3/c1-5-32-21-10-8-9-20(17-21)18-29-15-13-27(14-16-29)23-12-7-6-11-22(23)24(25(27)31-4)28-26(30)19(2)3/h6-12,17,19,24-25H,5,13-16,18H2,1-4H3,(H,28,30)/t24-,25+/m0/s1. The van der Waals surface area contributed by atoms with Crippen molar-refractivity contribution in [2.24, 2.45) is 5.92 Å². The first-order valence-electron chi connectivity index (χ1n) is 11.8. The predicted octanol–water partition coefficient (Wildman–Crippen LogP) is 4.46. The van der Waals surface area contributed by atoms with E-state index in [2.05, 4.69) is 52.7 Å². The Morgan fingerprint density at radius 3 is 2.59 bits per heavy atom. The van der Waals surface area contributed by atoms with Crippen LogP contribution in [-0.2, 0) is 21.5 Å². The molecule has 32 heavy (non-hydrogen) atoms. The van der Waals surface area contributed by atoms with Crippen LogP contribution in [0.1, 0.15) is 56.3 Å². The highest BCUT2D eigenvalue weighted by Crippen LogP contribution is 2.52. The van der Waals surface area contributed by atoms with Crippen molar-refractivity contribution in [1.82, 2.24) is 10.2 Å². The lowest BCUT2D eigenvalue weighted by molar-refractivity contribution is -0.126. The molecule has 172 valence electrons. The number of likely N-dealkylation sites (tertiary alicyclic amines) is 1. The van der Waals surface area contributed by atoms with Crippen LogP contribution in [0, 0.1) is 5.92 Å². The Bertz CT molecular complexity index is 934. The predicted molar refractivity (Wildman–Crippen MR) is 127 cm³/mol. The number of piperidine rings is 1. The number of fused-ring (bicyclic) bond motifs is 2. The lowest BCUT2D eigenvalue weighted by Gasteiger charge is -2.44. The minimum atomic E-state index is -0.0967. The Kier molecular flexibility index (Phi) is 6.87. The van der Waals surface area contributed by atoms with Crippen LogP contribution in [0.15, 0.2) is 48.5 Å². The van der Waals surface area contributed by atoms with E-state index in [0.717, 1.165) is 38.2 Å². The van der Waals surface area contributed by atoms with Crippen molar-refractivity contribution < 1.29 is 14.3 Å². The van der Waals surface area contributed by atoms with Gasteiger partial charge in [0, 0.05) is 25.0 Å². The van der Waals surface area contributed by atoms with Crippen molar-refractivity contribution in [3.63, 3.8) is 0 Å². The highest BCUT2D eigenvalue weighted by Gasteiger charge is 2.53. The van der Waals surface area contributed by atoms with Gasteiger partial charge in [0.05, 0.1) is 18.8 Å². The largest absolute Gasteiger partial charge is 0.494 e. The maximum absolute atomic E-state index is 12.6. The molecule has 4 rings (SSSR count). The number of amides is 1. The SMILES string of the molecule is CCOc1cccc(CN2CCC3(CC2)c2ccccc2[C@H](NC(=O)C(C)C)[C@H]3OC)c1. The summed E-state index contributed by atoms with van der Waals surface area (Å²) in [6.07, 6.45) is 1.98. The van der Waals surface area contributed by atoms with Crippen molar-refractivity contribution >= 4 is 5.91 Å². The molecule has 1 spiro atoms. The normalized spacial score (nSPS) is 22.2. The zero-order valence-corrected chi connectivity index (χ0v) is 19.8. The zero-order chi connectivity index (χ0) is 22.7. The van der Waals surface area contributed by atoms with Gasteiger partial charge in [0.2, 0.25) is 5.91 Å². The van der Waals surface area contributed by atoms with Crippen LogP contribution >= 0.6 is 0 Å². The molecule has 1 amide bonds. The van der Waals surface area contributed by atoms with Crippen molar-refractivity contribution in [2.75, 3.05) is 26.8 Å². The lowest BCUT2D eigenvalue weighted by Crippen LogP contribution is -2.50. The number of nitrogens with zero attached hydrogens (tertiary/aromatic N) is 1. The quantitative estimate of drug-likeness (QED) is 0.696. The minimum absolute atomic E-state index is 0.0500. The zero-order valence-electron chi connectivity index (χ0n) is 19.8. The molecular formula is C27H36N2O3. The Morgan fingerprint density at radius 1 is 1.16 bits per heavy atom.